The Balaban J connectivity index is 2.39. The maximum absolute atomic E-state index is 11.5. The molecule has 0 saturated heterocycles. The highest BCUT2D eigenvalue weighted by atomic mass is 16.2. The maximum Gasteiger partial charge on any atom is 0.227 e. The number of nitrogens with zero attached hydrogens (tertiary/aromatic N) is 1. The zero-order valence-corrected chi connectivity index (χ0v) is 8.89. The molecule has 1 amide bonds. The molecule has 0 atom stereocenters. The molecule has 0 aromatic heterocycles. The van der Waals surface area contributed by atoms with Crippen LogP contribution in [0, 0.1) is 5.41 Å². The minimum absolute atomic E-state index is 0.0430. The van der Waals surface area contributed by atoms with Crippen LogP contribution in [-0.2, 0) is 4.79 Å². The molecule has 3 heteroatoms. The lowest BCUT2D eigenvalue weighted by Gasteiger charge is -2.21. The molecule has 0 aromatic rings. The third kappa shape index (κ3) is 2.44. The van der Waals surface area contributed by atoms with Gasteiger partial charge in [0.25, 0.3) is 0 Å². The van der Waals surface area contributed by atoms with Gasteiger partial charge in [-0.2, -0.15) is 0 Å². The molecule has 0 unspecified atom stereocenters. The summed E-state index contributed by atoms with van der Waals surface area (Å²) in [4.78, 5) is 13.8. The summed E-state index contributed by atoms with van der Waals surface area (Å²) in [7, 11) is 3.81. The van der Waals surface area contributed by atoms with Crippen molar-refractivity contribution in [2.75, 3.05) is 27.2 Å². The van der Waals surface area contributed by atoms with Gasteiger partial charge in [0.15, 0.2) is 0 Å². The van der Waals surface area contributed by atoms with E-state index >= 15 is 0 Å². The molecule has 13 heavy (non-hydrogen) atoms. The van der Waals surface area contributed by atoms with Gasteiger partial charge in [-0.3, -0.25) is 4.79 Å². The molecule has 76 valence electrons. The van der Waals surface area contributed by atoms with E-state index in [0.717, 1.165) is 32.4 Å². The first-order chi connectivity index (χ1) is 6.14. The van der Waals surface area contributed by atoms with Crippen molar-refractivity contribution in [3.63, 3.8) is 0 Å². The molecule has 1 saturated carbocycles. The van der Waals surface area contributed by atoms with Crippen LogP contribution < -0.4 is 5.32 Å². The smallest absolute Gasteiger partial charge is 0.227 e. The molecule has 0 spiro atoms. The summed E-state index contributed by atoms with van der Waals surface area (Å²) in [5.41, 5.74) is -0.0430. The first-order valence-electron chi connectivity index (χ1n) is 5.05. The highest BCUT2D eigenvalue weighted by Gasteiger charge is 2.49. The third-order valence-electron chi connectivity index (χ3n) is 2.74. The van der Waals surface area contributed by atoms with E-state index in [0.29, 0.717) is 0 Å². The fourth-order valence-corrected chi connectivity index (χ4v) is 1.85. The van der Waals surface area contributed by atoms with Crippen LogP contribution in [0.1, 0.15) is 26.2 Å². The van der Waals surface area contributed by atoms with E-state index in [9.17, 15) is 4.79 Å². The van der Waals surface area contributed by atoms with E-state index in [4.69, 9.17) is 0 Å². The maximum atomic E-state index is 11.5. The van der Waals surface area contributed by atoms with E-state index in [1.165, 1.54) is 0 Å². The zero-order valence-electron chi connectivity index (χ0n) is 8.89. The van der Waals surface area contributed by atoms with E-state index < -0.39 is 0 Å². The van der Waals surface area contributed by atoms with Crippen molar-refractivity contribution >= 4 is 5.91 Å². The molecule has 3 nitrogen and oxygen atoms in total. The Hall–Kier alpha value is -0.570. The van der Waals surface area contributed by atoms with Crippen LogP contribution in [0.3, 0.4) is 0 Å². The number of nitrogens with one attached hydrogen (secondary N) is 1. The minimum atomic E-state index is -0.0430. The number of rotatable bonds is 5. The van der Waals surface area contributed by atoms with Gasteiger partial charge in [0.05, 0.1) is 5.41 Å². The van der Waals surface area contributed by atoms with Gasteiger partial charge in [0, 0.05) is 13.6 Å². The number of carbonyl (C=O) groups is 1. The lowest BCUT2D eigenvalue weighted by Crippen LogP contribution is -2.37. The molecule has 0 aromatic carbocycles. The predicted molar refractivity (Wildman–Crippen MR) is 53.5 cm³/mol. The fourth-order valence-electron chi connectivity index (χ4n) is 1.85. The van der Waals surface area contributed by atoms with Crippen LogP contribution in [0.25, 0.3) is 0 Å². The monoisotopic (exact) mass is 184 g/mol. The molecular formula is C10H20N2O. The van der Waals surface area contributed by atoms with Crippen LogP contribution in [0.15, 0.2) is 0 Å². The third-order valence-corrected chi connectivity index (χ3v) is 2.74. The number of carbonyl (C=O) groups excluding carboxylic acids is 1. The summed E-state index contributed by atoms with van der Waals surface area (Å²) in [6, 6.07) is 0. The molecule has 0 aliphatic heterocycles. The van der Waals surface area contributed by atoms with Crippen molar-refractivity contribution in [3.8, 4) is 0 Å². The van der Waals surface area contributed by atoms with Crippen molar-refractivity contribution in [2.24, 2.45) is 5.41 Å². The zero-order chi connectivity index (χ0) is 9.90. The molecule has 1 rings (SSSR count). The molecule has 1 N–H and O–H groups in total. The van der Waals surface area contributed by atoms with Crippen LogP contribution in [0.5, 0.6) is 0 Å². The largest absolute Gasteiger partial charge is 0.359 e. The van der Waals surface area contributed by atoms with Gasteiger partial charge in [-0.15, -0.1) is 0 Å². The Labute approximate surface area is 80.5 Å². The Bertz CT molecular complexity index is 187. The van der Waals surface area contributed by atoms with E-state index in [2.05, 4.69) is 24.2 Å². The van der Waals surface area contributed by atoms with Crippen LogP contribution in [-0.4, -0.2) is 38.0 Å². The van der Waals surface area contributed by atoms with Crippen LogP contribution >= 0.6 is 0 Å². The molecule has 1 fully saturated rings. The summed E-state index contributed by atoms with van der Waals surface area (Å²) >= 11 is 0. The molecule has 1 aliphatic rings. The van der Waals surface area contributed by atoms with Crippen LogP contribution in [0.4, 0.5) is 0 Å². The van der Waals surface area contributed by atoms with Crippen molar-refractivity contribution in [1.82, 2.24) is 10.2 Å². The Kier molecular flexibility index (Phi) is 3.31. The van der Waals surface area contributed by atoms with Gasteiger partial charge in [-0.05, 0) is 32.9 Å². The number of hydrogen-bond donors (Lipinski definition) is 1. The van der Waals surface area contributed by atoms with E-state index in [1.807, 2.05) is 0 Å². The average Bonchev–Trinajstić information content (AvgIpc) is 2.85. The van der Waals surface area contributed by atoms with Crippen molar-refractivity contribution in [3.05, 3.63) is 0 Å². The highest BCUT2D eigenvalue weighted by Crippen LogP contribution is 2.46. The molecule has 0 bridgehead atoms. The summed E-state index contributed by atoms with van der Waals surface area (Å²) in [6.45, 7) is 4.16. The normalized spacial score (nSPS) is 18.8. The average molecular weight is 184 g/mol. The Morgan fingerprint density at radius 3 is 2.54 bits per heavy atom. The SMILES string of the molecule is CCCN(C)CC1(C(=O)NC)CC1. The number of amides is 1. The minimum Gasteiger partial charge on any atom is -0.359 e. The van der Waals surface area contributed by atoms with Gasteiger partial charge in [-0.25, -0.2) is 0 Å². The fraction of sp³-hybridized carbons (Fsp3) is 0.900. The lowest BCUT2D eigenvalue weighted by molar-refractivity contribution is -0.126. The second-order valence-electron chi connectivity index (χ2n) is 4.10. The number of hydrogen-bond acceptors (Lipinski definition) is 2. The summed E-state index contributed by atoms with van der Waals surface area (Å²) in [5.74, 6) is 0.218. The van der Waals surface area contributed by atoms with Crippen molar-refractivity contribution in [2.45, 2.75) is 26.2 Å². The van der Waals surface area contributed by atoms with E-state index in [1.54, 1.807) is 7.05 Å². The lowest BCUT2D eigenvalue weighted by atomic mass is 10.1. The second-order valence-corrected chi connectivity index (χ2v) is 4.10. The van der Waals surface area contributed by atoms with Crippen molar-refractivity contribution in [1.29, 1.82) is 0 Å². The standard InChI is InChI=1S/C10H20N2O/c1-4-7-12(3)8-10(5-6-10)9(13)11-2/h4-8H2,1-3H3,(H,11,13). The van der Waals surface area contributed by atoms with Gasteiger partial charge in [0.2, 0.25) is 5.91 Å². The predicted octanol–water partition coefficient (Wildman–Crippen LogP) is 0.854. The first kappa shape index (κ1) is 10.5. The van der Waals surface area contributed by atoms with Crippen molar-refractivity contribution < 1.29 is 4.79 Å². The van der Waals surface area contributed by atoms with Gasteiger partial charge in [0.1, 0.15) is 0 Å². The quantitative estimate of drug-likeness (QED) is 0.687. The molecule has 0 radical (unpaired) electrons. The Morgan fingerprint density at radius 1 is 1.54 bits per heavy atom. The van der Waals surface area contributed by atoms with Crippen LogP contribution in [0.2, 0.25) is 0 Å². The molecular weight excluding hydrogens is 164 g/mol. The van der Waals surface area contributed by atoms with Gasteiger partial charge < -0.3 is 10.2 Å². The van der Waals surface area contributed by atoms with Gasteiger partial charge >= 0.3 is 0 Å². The van der Waals surface area contributed by atoms with E-state index in [-0.39, 0.29) is 11.3 Å². The first-order valence-corrected chi connectivity index (χ1v) is 5.05. The summed E-state index contributed by atoms with van der Waals surface area (Å²) < 4.78 is 0. The molecule has 0 heterocycles. The van der Waals surface area contributed by atoms with Gasteiger partial charge in [-0.1, -0.05) is 6.92 Å². The second kappa shape index (κ2) is 4.09. The molecule has 1 aliphatic carbocycles. The highest BCUT2D eigenvalue weighted by molar-refractivity contribution is 5.85. The Morgan fingerprint density at radius 2 is 2.15 bits per heavy atom. The topological polar surface area (TPSA) is 32.3 Å². The summed E-state index contributed by atoms with van der Waals surface area (Å²) in [5, 5.41) is 2.75. The summed E-state index contributed by atoms with van der Waals surface area (Å²) in [6.07, 6.45) is 3.27.